The van der Waals surface area contributed by atoms with Crippen LogP contribution in [0.5, 0.6) is 11.6 Å². The van der Waals surface area contributed by atoms with Crippen molar-refractivity contribution in [3.8, 4) is 17.3 Å². The molecule has 0 radical (unpaired) electrons. The summed E-state index contributed by atoms with van der Waals surface area (Å²) in [5.41, 5.74) is 5.10. The number of barbiturate groups is 1. The fourth-order valence-corrected chi connectivity index (χ4v) is 4.57. The monoisotopic (exact) mass is 551 g/mol. The molecule has 0 saturated carbocycles. The number of aryl methyl sites for hydroxylation is 3. The zero-order chi connectivity index (χ0) is 29.4. The van der Waals surface area contributed by atoms with Crippen LogP contribution in [0.25, 0.3) is 11.8 Å². The minimum Gasteiger partial charge on any atom is -0.439 e. The van der Waals surface area contributed by atoms with Gasteiger partial charge in [-0.05, 0) is 92.9 Å². The minimum absolute atomic E-state index is 0.131. The summed E-state index contributed by atoms with van der Waals surface area (Å²) in [7, 11) is 0. The molecular formula is C30H25N5O6. The maximum Gasteiger partial charge on any atom is 0.335 e. The SMILES string of the molecule is Cc1ccc(N2C(=O)NC(=O)/C(=C/c3cc(C)n(-c4ccc(Oc5ccc([N+](=O)[O-])cn5)cc4)c3C)C2=O)cc1C. The van der Waals surface area contributed by atoms with Crippen molar-refractivity contribution in [1.82, 2.24) is 14.9 Å². The Hall–Kier alpha value is -5.58. The molecule has 0 spiro atoms. The summed E-state index contributed by atoms with van der Waals surface area (Å²) in [5, 5.41) is 13.1. The van der Waals surface area contributed by atoms with Gasteiger partial charge in [-0.3, -0.25) is 25.0 Å². The summed E-state index contributed by atoms with van der Waals surface area (Å²) in [5.74, 6) is -0.755. The molecule has 1 fully saturated rings. The highest BCUT2D eigenvalue weighted by atomic mass is 16.6. The van der Waals surface area contributed by atoms with E-state index in [0.717, 1.165) is 39.3 Å². The number of hydrogen-bond acceptors (Lipinski definition) is 7. The number of amides is 4. The van der Waals surface area contributed by atoms with Gasteiger partial charge in [0.2, 0.25) is 5.88 Å². The van der Waals surface area contributed by atoms with E-state index in [1.54, 1.807) is 24.3 Å². The van der Waals surface area contributed by atoms with Gasteiger partial charge in [-0.25, -0.2) is 14.7 Å². The largest absolute Gasteiger partial charge is 0.439 e. The van der Waals surface area contributed by atoms with Gasteiger partial charge in [-0.15, -0.1) is 0 Å². The van der Waals surface area contributed by atoms with E-state index < -0.39 is 22.8 Å². The summed E-state index contributed by atoms with van der Waals surface area (Å²) in [4.78, 5) is 53.9. The number of benzene rings is 2. The van der Waals surface area contributed by atoms with Crippen molar-refractivity contribution in [2.75, 3.05) is 4.90 Å². The van der Waals surface area contributed by atoms with E-state index >= 15 is 0 Å². The molecule has 2 aromatic carbocycles. The Labute approximate surface area is 234 Å². The lowest BCUT2D eigenvalue weighted by atomic mass is 10.1. The average molecular weight is 552 g/mol. The number of urea groups is 1. The van der Waals surface area contributed by atoms with Crippen LogP contribution in [-0.4, -0.2) is 32.3 Å². The van der Waals surface area contributed by atoms with Gasteiger partial charge in [-0.1, -0.05) is 6.07 Å². The van der Waals surface area contributed by atoms with E-state index in [1.807, 2.05) is 56.5 Å². The number of anilines is 1. The number of ether oxygens (including phenoxy) is 1. The van der Waals surface area contributed by atoms with Crippen LogP contribution in [0.1, 0.15) is 28.1 Å². The van der Waals surface area contributed by atoms with Crippen molar-refractivity contribution in [3.05, 3.63) is 111 Å². The highest BCUT2D eigenvalue weighted by Crippen LogP contribution is 2.28. The van der Waals surface area contributed by atoms with E-state index in [-0.39, 0.29) is 17.1 Å². The molecule has 1 saturated heterocycles. The zero-order valence-electron chi connectivity index (χ0n) is 22.7. The van der Waals surface area contributed by atoms with Gasteiger partial charge >= 0.3 is 6.03 Å². The first-order valence-electron chi connectivity index (χ1n) is 12.6. The van der Waals surface area contributed by atoms with Crippen LogP contribution in [-0.2, 0) is 9.59 Å². The Morgan fingerprint density at radius 2 is 1.61 bits per heavy atom. The fraction of sp³-hybridized carbons (Fsp3) is 0.133. The minimum atomic E-state index is -0.794. The molecule has 0 unspecified atom stereocenters. The second-order valence-electron chi connectivity index (χ2n) is 9.60. The number of hydrogen-bond donors (Lipinski definition) is 1. The Kier molecular flexibility index (Phi) is 6.94. The van der Waals surface area contributed by atoms with Crippen molar-refractivity contribution in [2.45, 2.75) is 27.7 Å². The lowest BCUT2D eigenvalue weighted by Crippen LogP contribution is -2.54. The molecule has 4 aromatic rings. The van der Waals surface area contributed by atoms with Crippen LogP contribution < -0.4 is 15.0 Å². The summed E-state index contributed by atoms with van der Waals surface area (Å²) >= 11 is 0. The van der Waals surface area contributed by atoms with Crippen LogP contribution in [0.3, 0.4) is 0 Å². The number of nitrogens with zero attached hydrogens (tertiary/aromatic N) is 4. The normalized spacial score (nSPS) is 14.4. The molecule has 0 atom stereocenters. The molecule has 11 nitrogen and oxygen atoms in total. The smallest absolute Gasteiger partial charge is 0.335 e. The molecule has 1 N–H and O–H groups in total. The zero-order valence-corrected chi connectivity index (χ0v) is 22.7. The van der Waals surface area contributed by atoms with Crippen LogP contribution in [0, 0.1) is 37.8 Å². The van der Waals surface area contributed by atoms with Gasteiger partial charge in [0.15, 0.2) is 0 Å². The van der Waals surface area contributed by atoms with Crippen molar-refractivity contribution < 1.29 is 24.0 Å². The van der Waals surface area contributed by atoms with Crippen LogP contribution in [0.2, 0.25) is 0 Å². The molecule has 4 amide bonds. The molecular weight excluding hydrogens is 526 g/mol. The third-order valence-electron chi connectivity index (χ3n) is 6.87. The quantitative estimate of drug-likeness (QED) is 0.145. The Balaban J connectivity index is 1.41. The maximum absolute atomic E-state index is 13.4. The van der Waals surface area contributed by atoms with Gasteiger partial charge in [-0.2, -0.15) is 0 Å². The Morgan fingerprint density at radius 1 is 0.902 bits per heavy atom. The second kappa shape index (κ2) is 10.5. The molecule has 1 aliphatic heterocycles. The van der Waals surface area contributed by atoms with Gasteiger partial charge < -0.3 is 9.30 Å². The van der Waals surface area contributed by atoms with Gasteiger partial charge in [0.05, 0.1) is 10.6 Å². The second-order valence-corrected chi connectivity index (χ2v) is 9.60. The molecule has 0 aliphatic carbocycles. The van der Waals surface area contributed by atoms with Crippen LogP contribution in [0.15, 0.2) is 72.4 Å². The van der Waals surface area contributed by atoms with E-state index in [2.05, 4.69) is 10.3 Å². The molecule has 1 aliphatic rings. The number of rotatable bonds is 6. The molecule has 206 valence electrons. The Bertz CT molecular complexity index is 1750. The molecule has 11 heteroatoms. The fourth-order valence-electron chi connectivity index (χ4n) is 4.57. The average Bonchev–Trinajstić information content (AvgIpc) is 3.21. The van der Waals surface area contributed by atoms with Crippen LogP contribution >= 0.6 is 0 Å². The number of carbonyl (C=O) groups excluding carboxylic acids is 3. The van der Waals surface area contributed by atoms with Gasteiger partial charge in [0.25, 0.3) is 17.5 Å². The lowest BCUT2D eigenvalue weighted by Gasteiger charge is -2.26. The predicted octanol–water partition coefficient (Wildman–Crippen LogP) is 5.47. The van der Waals surface area contributed by atoms with Crippen LogP contribution in [0.4, 0.5) is 16.2 Å². The first kappa shape index (κ1) is 27.0. The molecule has 3 heterocycles. The third-order valence-corrected chi connectivity index (χ3v) is 6.87. The van der Waals surface area contributed by atoms with E-state index in [4.69, 9.17) is 4.74 Å². The molecule has 2 aromatic heterocycles. The standard InChI is InChI=1S/C30H25N5O6/c1-17-5-6-23(13-18(17)2)34-29(37)26(28(36)32-30(34)38)15-21-14-19(3)33(20(21)4)22-7-10-25(11-8-22)41-27-12-9-24(16-31-27)35(39)40/h5-16H,1-4H3,(H,32,36,38)/b26-15-. The number of imide groups is 2. The first-order valence-corrected chi connectivity index (χ1v) is 12.6. The summed E-state index contributed by atoms with van der Waals surface area (Å²) in [6.07, 6.45) is 2.62. The number of carbonyl (C=O) groups is 3. The van der Waals surface area contributed by atoms with E-state index in [1.165, 1.54) is 18.2 Å². The number of nitrogens with one attached hydrogen (secondary N) is 1. The van der Waals surface area contributed by atoms with Crippen molar-refractivity contribution in [2.24, 2.45) is 0 Å². The van der Waals surface area contributed by atoms with Gasteiger partial charge in [0, 0.05) is 29.2 Å². The summed E-state index contributed by atoms with van der Waals surface area (Å²) < 4.78 is 7.65. The van der Waals surface area contributed by atoms with Gasteiger partial charge in [0.1, 0.15) is 17.5 Å². The number of aromatic nitrogens is 2. The summed E-state index contributed by atoms with van der Waals surface area (Å²) in [6.45, 7) is 7.57. The molecule has 0 bridgehead atoms. The Morgan fingerprint density at radius 3 is 2.24 bits per heavy atom. The molecule has 41 heavy (non-hydrogen) atoms. The predicted molar refractivity (Wildman–Crippen MR) is 151 cm³/mol. The number of pyridine rings is 1. The van der Waals surface area contributed by atoms with Crippen molar-refractivity contribution in [3.63, 3.8) is 0 Å². The van der Waals surface area contributed by atoms with Crippen molar-refractivity contribution in [1.29, 1.82) is 0 Å². The van der Waals surface area contributed by atoms with Crippen molar-refractivity contribution >= 4 is 35.3 Å². The first-order chi connectivity index (χ1) is 19.5. The lowest BCUT2D eigenvalue weighted by molar-refractivity contribution is -0.385. The highest BCUT2D eigenvalue weighted by Gasteiger charge is 2.37. The van der Waals surface area contributed by atoms with E-state index in [0.29, 0.717) is 17.0 Å². The summed E-state index contributed by atoms with van der Waals surface area (Å²) in [6, 6.07) is 16.1. The maximum atomic E-state index is 13.4. The number of nitro groups is 1. The van der Waals surface area contributed by atoms with E-state index in [9.17, 15) is 24.5 Å². The molecule has 5 rings (SSSR count). The third kappa shape index (κ3) is 5.20. The highest BCUT2D eigenvalue weighted by molar-refractivity contribution is 6.39. The topological polar surface area (TPSA) is 137 Å².